The lowest BCUT2D eigenvalue weighted by Crippen LogP contribution is -2.24. The van der Waals surface area contributed by atoms with Gasteiger partial charge in [-0.25, -0.2) is 10.2 Å². The Hall–Kier alpha value is -3.16. The topological polar surface area (TPSA) is 77.0 Å². The van der Waals surface area contributed by atoms with Crippen molar-refractivity contribution in [2.75, 3.05) is 6.61 Å². The number of hydrazone groups is 1. The van der Waals surface area contributed by atoms with Crippen molar-refractivity contribution in [3.8, 4) is 11.5 Å². The molecule has 0 bridgehead atoms. The molecule has 0 saturated heterocycles. The number of benzene rings is 2. The molecule has 1 N–H and O–H groups in total. The fraction of sp³-hybridized carbons (Fsp3) is 0.0952. The third-order valence-corrected chi connectivity index (χ3v) is 4.99. The number of thiophene rings is 1. The number of ether oxygens (including phenoxy) is 2. The molecule has 0 saturated carbocycles. The Labute approximate surface area is 176 Å². The third kappa shape index (κ3) is 6.17. The van der Waals surface area contributed by atoms with Gasteiger partial charge in [0.15, 0.2) is 6.61 Å². The highest BCUT2D eigenvalue weighted by Crippen LogP contribution is 2.21. The van der Waals surface area contributed by atoms with Crippen LogP contribution in [0.1, 0.15) is 20.8 Å². The van der Waals surface area contributed by atoms with E-state index >= 15 is 0 Å². The number of nitrogens with zero attached hydrogens (tertiary/aromatic N) is 1. The van der Waals surface area contributed by atoms with Gasteiger partial charge in [0.2, 0.25) is 0 Å². The minimum Gasteiger partial charge on any atom is -0.484 e. The summed E-state index contributed by atoms with van der Waals surface area (Å²) in [6.07, 6.45) is 1.48. The summed E-state index contributed by atoms with van der Waals surface area (Å²) < 4.78 is 10.7. The van der Waals surface area contributed by atoms with Gasteiger partial charge in [0.05, 0.1) is 6.21 Å². The molecule has 8 heteroatoms. The maximum atomic E-state index is 11.9. The van der Waals surface area contributed by atoms with Crippen LogP contribution < -0.4 is 14.9 Å². The van der Waals surface area contributed by atoms with E-state index in [9.17, 15) is 9.59 Å². The van der Waals surface area contributed by atoms with Gasteiger partial charge in [-0.1, -0.05) is 17.7 Å². The van der Waals surface area contributed by atoms with Crippen LogP contribution in [0.25, 0.3) is 0 Å². The molecule has 2 aromatic carbocycles. The number of hydrogen-bond acceptors (Lipinski definition) is 6. The zero-order valence-electron chi connectivity index (χ0n) is 15.4. The van der Waals surface area contributed by atoms with Crippen LogP contribution in [-0.4, -0.2) is 24.7 Å². The van der Waals surface area contributed by atoms with E-state index in [0.717, 1.165) is 11.1 Å². The summed E-state index contributed by atoms with van der Waals surface area (Å²) in [7, 11) is 0. The molecule has 29 heavy (non-hydrogen) atoms. The van der Waals surface area contributed by atoms with Gasteiger partial charge in [-0.3, -0.25) is 4.79 Å². The van der Waals surface area contributed by atoms with Crippen molar-refractivity contribution in [2.24, 2.45) is 5.10 Å². The number of nitrogens with one attached hydrogen (secondary N) is 1. The molecular formula is C21H17ClN2O4S. The van der Waals surface area contributed by atoms with Crippen LogP contribution in [0.2, 0.25) is 5.02 Å². The quantitative estimate of drug-likeness (QED) is 0.261. The maximum Gasteiger partial charge on any atom is 0.353 e. The molecular weight excluding hydrogens is 412 g/mol. The van der Waals surface area contributed by atoms with Gasteiger partial charge < -0.3 is 9.47 Å². The Morgan fingerprint density at radius 3 is 2.59 bits per heavy atom. The molecule has 1 aromatic heterocycles. The molecule has 3 rings (SSSR count). The molecule has 0 fully saturated rings. The summed E-state index contributed by atoms with van der Waals surface area (Å²) in [6, 6.07) is 15.4. The van der Waals surface area contributed by atoms with E-state index in [1.165, 1.54) is 17.6 Å². The van der Waals surface area contributed by atoms with Gasteiger partial charge in [-0.15, -0.1) is 11.3 Å². The van der Waals surface area contributed by atoms with Crippen molar-refractivity contribution in [3.05, 3.63) is 81.0 Å². The molecule has 0 aliphatic heterocycles. The lowest BCUT2D eigenvalue weighted by molar-refractivity contribution is -0.123. The van der Waals surface area contributed by atoms with Crippen LogP contribution in [0.15, 0.2) is 65.1 Å². The fourth-order valence-electron chi connectivity index (χ4n) is 2.24. The van der Waals surface area contributed by atoms with Gasteiger partial charge in [-0.2, -0.15) is 5.10 Å². The van der Waals surface area contributed by atoms with Gasteiger partial charge in [-0.05, 0) is 72.0 Å². The van der Waals surface area contributed by atoms with Crippen molar-refractivity contribution < 1.29 is 19.1 Å². The number of rotatable bonds is 7. The Morgan fingerprint density at radius 2 is 1.90 bits per heavy atom. The molecule has 1 amide bonds. The molecule has 0 aliphatic carbocycles. The smallest absolute Gasteiger partial charge is 0.353 e. The highest BCUT2D eigenvalue weighted by atomic mass is 35.5. The lowest BCUT2D eigenvalue weighted by atomic mass is 10.2. The molecule has 0 atom stereocenters. The minimum atomic E-state index is -0.399. The Morgan fingerprint density at radius 1 is 1.14 bits per heavy atom. The molecule has 0 aliphatic rings. The minimum absolute atomic E-state index is 0.171. The number of carbonyl (C=O) groups is 2. The highest BCUT2D eigenvalue weighted by molar-refractivity contribution is 7.12. The van der Waals surface area contributed by atoms with Crippen molar-refractivity contribution in [3.63, 3.8) is 0 Å². The van der Waals surface area contributed by atoms with Gasteiger partial charge >= 0.3 is 5.97 Å². The Balaban J connectivity index is 1.45. The summed E-state index contributed by atoms with van der Waals surface area (Å²) in [5, 5.41) is 6.33. The number of esters is 1. The Bertz CT molecular complexity index is 1020. The molecule has 0 unspecified atom stereocenters. The summed E-state index contributed by atoms with van der Waals surface area (Å²) in [6.45, 7) is 1.68. The average molecular weight is 429 g/mol. The molecule has 6 nitrogen and oxygen atoms in total. The van der Waals surface area contributed by atoms with Crippen LogP contribution in [0.3, 0.4) is 0 Å². The summed E-state index contributed by atoms with van der Waals surface area (Å²) in [5.41, 5.74) is 3.99. The second kappa shape index (κ2) is 9.86. The van der Waals surface area contributed by atoms with E-state index in [0.29, 0.717) is 21.4 Å². The zero-order chi connectivity index (χ0) is 20.6. The van der Waals surface area contributed by atoms with Crippen molar-refractivity contribution in [1.82, 2.24) is 5.43 Å². The first-order chi connectivity index (χ1) is 14.0. The van der Waals surface area contributed by atoms with Crippen LogP contribution in [0, 0.1) is 6.92 Å². The van der Waals surface area contributed by atoms with Crippen molar-refractivity contribution >= 4 is 41.0 Å². The van der Waals surface area contributed by atoms with E-state index in [1.54, 1.807) is 54.6 Å². The maximum absolute atomic E-state index is 11.9. The summed E-state index contributed by atoms with van der Waals surface area (Å²) >= 11 is 7.27. The van der Waals surface area contributed by atoms with E-state index < -0.39 is 11.9 Å². The zero-order valence-corrected chi connectivity index (χ0v) is 17.0. The van der Waals surface area contributed by atoms with E-state index in [4.69, 9.17) is 21.1 Å². The SMILES string of the molecule is Cc1cc(OCC(=O)NN=Cc2ccc(OC(=O)c3cccs3)cc2)ccc1Cl. The number of halogens is 1. The molecule has 3 aromatic rings. The van der Waals surface area contributed by atoms with Gasteiger partial charge in [0.1, 0.15) is 16.4 Å². The number of aryl methyl sites for hydroxylation is 1. The molecule has 0 spiro atoms. The second-order valence-corrected chi connectivity index (χ2v) is 7.28. The van der Waals surface area contributed by atoms with Crippen molar-refractivity contribution in [2.45, 2.75) is 6.92 Å². The van der Waals surface area contributed by atoms with Gasteiger partial charge in [0, 0.05) is 5.02 Å². The largest absolute Gasteiger partial charge is 0.484 e. The summed E-state index contributed by atoms with van der Waals surface area (Å²) in [4.78, 5) is 24.3. The molecule has 0 radical (unpaired) electrons. The van der Waals surface area contributed by atoms with Crippen LogP contribution in [0.5, 0.6) is 11.5 Å². The molecule has 1 heterocycles. The monoisotopic (exact) mass is 428 g/mol. The average Bonchev–Trinajstić information content (AvgIpc) is 3.25. The predicted molar refractivity (Wildman–Crippen MR) is 113 cm³/mol. The van der Waals surface area contributed by atoms with Crippen LogP contribution in [0.4, 0.5) is 0 Å². The van der Waals surface area contributed by atoms with Crippen molar-refractivity contribution in [1.29, 1.82) is 0 Å². The number of amides is 1. The van der Waals surface area contributed by atoms with E-state index in [-0.39, 0.29) is 6.61 Å². The van der Waals surface area contributed by atoms with Crippen LogP contribution >= 0.6 is 22.9 Å². The fourth-order valence-corrected chi connectivity index (χ4v) is 2.96. The standard InChI is InChI=1S/C21H17ClN2O4S/c1-14-11-17(8-9-18(14)22)27-13-20(25)24-23-12-15-4-6-16(7-5-15)28-21(26)19-3-2-10-29-19/h2-12H,13H2,1H3,(H,24,25). The molecule has 148 valence electrons. The van der Waals surface area contributed by atoms with Crippen LogP contribution in [-0.2, 0) is 4.79 Å². The predicted octanol–water partition coefficient (Wildman–Crippen LogP) is 4.46. The third-order valence-electron chi connectivity index (χ3n) is 3.72. The summed E-state index contributed by atoms with van der Waals surface area (Å²) in [5.74, 6) is 0.190. The number of carbonyl (C=O) groups excluding carboxylic acids is 2. The Kier molecular flexibility index (Phi) is 6.99. The van der Waals surface area contributed by atoms with E-state index in [2.05, 4.69) is 10.5 Å². The first-order valence-electron chi connectivity index (χ1n) is 8.58. The normalized spacial score (nSPS) is 10.7. The second-order valence-electron chi connectivity index (χ2n) is 5.93. The lowest BCUT2D eigenvalue weighted by Gasteiger charge is -2.06. The first kappa shape index (κ1) is 20.6. The first-order valence-corrected chi connectivity index (χ1v) is 9.83. The van der Waals surface area contributed by atoms with E-state index in [1.807, 2.05) is 12.3 Å². The number of hydrogen-bond donors (Lipinski definition) is 1. The highest BCUT2D eigenvalue weighted by Gasteiger charge is 2.09. The van der Waals surface area contributed by atoms with Gasteiger partial charge in [0.25, 0.3) is 5.91 Å².